The van der Waals surface area contributed by atoms with E-state index in [0.29, 0.717) is 5.89 Å². The summed E-state index contributed by atoms with van der Waals surface area (Å²) in [6.45, 7) is 2.00. The van der Waals surface area contributed by atoms with E-state index < -0.39 is 5.97 Å². The zero-order valence-corrected chi connectivity index (χ0v) is 10.7. The number of rotatable bonds is 3. The summed E-state index contributed by atoms with van der Waals surface area (Å²) in [5, 5.41) is 7.30. The Labute approximate surface area is 104 Å². The van der Waals surface area contributed by atoms with Gasteiger partial charge in [-0.3, -0.25) is 0 Å². The zero-order chi connectivity index (χ0) is 11.5. The first kappa shape index (κ1) is 11.3. The number of thiophene rings is 1. The maximum Gasteiger partial charge on any atom is 0.379 e. The quantitative estimate of drug-likeness (QED) is 0.816. The Morgan fingerprint density at radius 1 is 1.62 bits per heavy atom. The molecule has 2 heterocycles. The van der Waals surface area contributed by atoms with Crippen LogP contribution in [0, 0.1) is 0 Å². The van der Waals surface area contributed by atoms with Crippen LogP contribution in [0.3, 0.4) is 0 Å². The highest BCUT2D eigenvalue weighted by Gasteiger charge is 2.18. The lowest BCUT2D eigenvalue weighted by molar-refractivity contribution is 0.0508. The molecule has 0 saturated heterocycles. The topological polar surface area (TPSA) is 65.2 Å². The van der Waals surface area contributed by atoms with E-state index in [1.54, 1.807) is 6.92 Å². The number of nitrogens with zero attached hydrogens (tertiary/aromatic N) is 2. The van der Waals surface area contributed by atoms with Gasteiger partial charge in [-0.15, -0.1) is 0 Å². The monoisotopic (exact) mass is 302 g/mol. The number of aromatic nitrogens is 2. The minimum atomic E-state index is -0.580. The summed E-state index contributed by atoms with van der Waals surface area (Å²) in [6.07, 6.45) is 0. The molecular formula is C9H7BrN2O3S. The normalized spacial score (nSPS) is 10.4. The maximum atomic E-state index is 11.3. The number of carbonyl (C=O) groups excluding carboxylic acids is 1. The highest BCUT2D eigenvalue weighted by molar-refractivity contribution is 9.10. The van der Waals surface area contributed by atoms with Crippen molar-refractivity contribution in [1.82, 2.24) is 10.1 Å². The standard InChI is InChI=1S/C9H7BrN2O3S/c1-2-14-9(13)7-11-8(15-12-7)5-3-16-4-6(5)10/h3-4H,2H2,1H3. The van der Waals surface area contributed by atoms with Gasteiger partial charge >= 0.3 is 5.97 Å². The number of carbonyl (C=O) groups is 1. The van der Waals surface area contributed by atoms with Crippen molar-refractivity contribution in [3.63, 3.8) is 0 Å². The van der Waals surface area contributed by atoms with Crippen molar-refractivity contribution in [2.24, 2.45) is 0 Å². The number of esters is 1. The highest BCUT2D eigenvalue weighted by Crippen LogP contribution is 2.30. The lowest BCUT2D eigenvalue weighted by atomic mass is 10.3. The highest BCUT2D eigenvalue weighted by atomic mass is 79.9. The Balaban J connectivity index is 2.26. The summed E-state index contributed by atoms with van der Waals surface area (Å²) in [5.74, 6) is -0.338. The van der Waals surface area contributed by atoms with Gasteiger partial charge < -0.3 is 9.26 Å². The van der Waals surface area contributed by atoms with Crippen molar-refractivity contribution in [3.05, 3.63) is 21.1 Å². The molecule has 5 nitrogen and oxygen atoms in total. The molecule has 0 aromatic carbocycles. The Kier molecular flexibility index (Phi) is 3.35. The van der Waals surface area contributed by atoms with Gasteiger partial charge in [-0.25, -0.2) is 4.79 Å². The molecule has 0 unspecified atom stereocenters. The van der Waals surface area contributed by atoms with Gasteiger partial charge in [0.05, 0.1) is 12.2 Å². The van der Waals surface area contributed by atoms with Crippen LogP contribution in [-0.4, -0.2) is 22.7 Å². The van der Waals surface area contributed by atoms with E-state index in [1.807, 2.05) is 10.8 Å². The molecular weight excluding hydrogens is 296 g/mol. The molecule has 0 saturated carbocycles. The second-order valence-electron chi connectivity index (χ2n) is 2.78. The summed E-state index contributed by atoms with van der Waals surface area (Å²) in [5.41, 5.74) is 0.771. The van der Waals surface area contributed by atoms with Gasteiger partial charge in [0.15, 0.2) is 0 Å². The van der Waals surface area contributed by atoms with Crippen LogP contribution in [-0.2, 0) is 4.74 Å². The minimum absolute atomic E-state index is 0.0602. The second kappa shape index (κ2) is 4.75. The fraction of sp³-hybridized carbons (Fsp3) is 0.222. The van der Waals surface area contributed by atoms with Crippen molar-refractivity contribution in [1.29, 1.82) is 0 Å². The van der Waals surface area contributed by atoms with Gasteiger partial charge in [0.25, 0.3) is 11.7 Å². The molecule has 16 heavy (non-hydrogen) atoms. The Morgan fingerprint density at radius 3 is 3.06 bits per heavy atom. The largest absolute Gasteiger partial charge is 0.460 e. The Bertz CT molecular complexity index is 508. The molecule has 2 aromatic rings. The van der Waals surface area contributed by atoms with Crippen molar-refractivity contribution in [2.45, 2.75) is 6.92 Å². The van der Waals surface area contributed by atoms with E-state index in [9.17, 15) is 4.79 Å². The van der Waals surface area contributed by atoms with Crippen LogP contribution in [0.25, 0.3) is 11.5 Å². The molecule has 0 aliphatic heterocycles. The van der Waals surface area contributed by atoms with E-state index in [2.05, 4.69) is 26.1 Å². The maximum absolute atomic E-state index is 11.3. The van der Waals surface area contributed by atoms with E-state index in [1.165, 1.54) is 11.3 Å². The number of halogens is 1. The van der Waals surface area contributed by atoms with Crippen LogP contribution < -0.4 is 0 Å². The van der Waals surface area contributed by atoms with Crippen molar-refractivity contribution >= 4 is 33.2 Å². The summed E-state index contributed by atoms with van der Waals surface area (Å²) in [6, 6.07) is 0. The van der Waals surface area contributed by atoms with Crippen molar-refractivity contribution in [3.8, 4) is 11.5 Å². The number of ether oxygens (including phenoxy) is 1. The first-order chi connectivity index (χ1) is 7.72. The fourth-order valence-corrected chi connectivity index (χ4v) is 2.48. The van der Waals surface area contributed by atoms with E-state index >= 15 is 0 Å². The Morgan fingerprint density at radius 2 is 2.44 bits per heavy atom. The minimum Gasteiger partial charge on any atom is -0.460 e. The fourth-order valence-electron chi connectivity index (χ4n) is 1.05. The predicted octanol–water partition coefficient (Wildman–Crippen LogP) is 2.74. The van der Waals surface area contributed by atoms with Gasteiger partial charge in [0, 0.05) is 15.2 Å². The lowest BCUT2D eigenvalue weighted by Crippen LogP contribution is -2.06. The smallest absolute Gasteiger partial charge is 0.379 e. The average Bonchev–Trinajstić information content (AvgIpc) is 2.86. The first-order valence-corrected chi connectivity index (χ1v) is 6.19. The third-order valence-corrected chi connectivity index (χ3v) is 3.43. The molecule has 0 N–H and O–H groups in total. The van der Waals surface area contributed by atoms with Crippen LogP contribution >= 0.6 is 27.3 Å². The van der Waals surface area contributed by atoms with Crippen LogP contribution in [0.4, 0.5) is 0 Å². The summed E-state index contributed by atoms with van der Waals surface area (Å²) in [4.78, 5) is 15.3. The van der Waals surface area contributed by atoms with Gasteiger partial charge in [-0.1, -0.05) is 0 Å². The van der Waals surface area contributed by atoms with E-state index in [4.69, 9.17) is 9.26 Å². The molecule has 0 radical (unpaired) electrons. The molecule has 0 atom stereocenters. The summed E-state index contributed by atoms with van der Waals surface area (Å²) in [7, 11) is 0. The molecule has 0 spiro atoms. The van der Waals surface area contributed by atoms with Crippen LogP contribution in [0.2, 0.25) is 0 Å². The SMILES string of the molecule is CCOC(=O)c1noc(-c2cscc2Br)n1. The first-order valence-electron chi connectivity index (χ1n) is 4.45. The third-order valence-electron chi connectivity index (χ3n) is 1.73. The summed E-state index contributed by atoms with van der Waals surface area (Å²) >= 11 is 4.84. The second-order valence-corrected chi connectivity index (χ2v) is 4.37. The van der Waals surface area contributed by atoms with Crippen LogP contribution in [0.1, 0.15) is 17.5 Å². The molecule has 2 aromatic heterocycles. The third kappa shape index (κ3) is 2.14. The molecule has 0 fully saturated rings. The van der Waals surface area contributed by atoms with Gasteiger partial charge in [-0.2, -0.15) is 16.3 Å². The molecule has 84 valence electrons. The lowest BCUT2D eigenvalue weighted by Gasteiger charge is -1.93. The molecule has 2 rings (SSSR count). The van der Waals surface area contributed by atoms with Gasteiger partial charge in [0.2, 0.25) is 0 Å². The molecule has 0 aliphatic carbocycles. The predicted molar refractivity (Wildman–Crippen MR) is 61.3 cm³/mol. The van der Waals surface area contributed by atoms with E-state index in [0.717, 1.165) is 10.0 Å². The molecule has 0 amide bonds. The van der Waals surface area contributed by atoms with E-state index in [-0.39, 0.29) is 12.4 Å². The molecule has 0 aliphatic rings. The average molecular weight is 303 g/mol. The Hall–Kier alpha value is -1.21. The van der Waals surface area contributed by atoms with Gasteiger partial charge in [0.1, 0.15) is 0 Å². The zero-order valence-electron chi connectivity index (χ0n) is 8.27. The summed E-state index contributed by atoms with van der Waals surface area (Å²) < 4.78 is 10.6. The van der Waals surface area contributed by atoms with Crippen LogP contribution in [0.15, 0.2) is 19.8 Å². The van der Waals surface area contributed by atoms with Crippen LogP contribution in [0.5, 0.6) is 0 Å². The van der Waals surface area contributed by atoms with Crippen molar-refractivity contribution in [2.75, 3.05) is 6.61 Å². The molecule has 7 heteroatoms. The molecule has 0 bridgehead atoms. The number of hydrogen-bond acceptors (Lipinski definition) is 6. The van der Waals surface area contributed by atoms with Crippen molar-refractivity contribution < 1.29 is 14.1 Å². The van der Waals surface area contributed by atoms with Gasteiger partial charge in [-0.05, 0) is 28.0 Å². The number of hydrogen-bond donors (Lipinski definition) is 0.